The smallest absolute Gasteiger partial charge is 0.220 e. The van der Waals surface area contributed by atoms with Gasteiger partial charge in [0.05, 0.1) is 12.5 Å². The van der Waals surface area contributed by atoms with Gasteiger partial charge >= 0.3 is 0 Å². The van der Waals surface area contributed by atoms with E-state index in [9.17, 15) is 15.0 Å². The van der Waals surface area contributed by atoms with Crippen molar-refractivity contribution in [1.29, 1.82) is 0 Å². The van der Waals surface area contributed by atoms with Crippen molar-refractivity contribution >= 4 is 17.5 Å². The van der Waals surface area contributed by atoms with Crippen molar-refractivity contribution in [2.24, 2.45) is 5.73 Å². The molecule has 0 heterocycles. The van der Waals surface area contributed by atoms with Crippen molar-refractivity contribution in [2.75, 3.05) is 0 Å². The molecular formula is C10H12ClNO3. The number of carbonyl (C=O) groups is 1. The lowest BCUT2D eigenvalue weighted by Crippen LogP contribution is -2.25. The molecular weight excluding hydrogens is 218 g/mol. The minimum Gasteiger partial charge on any atom is -0.390 e. The van der Waals surface area contributed by atoms with E-state index in [4.69, 9.17) is 17.3 Å². The quantitative estimate of drug-likeness (QED) is 0.707. The SMILES string of the molecule is NC(=O)CC(O)C(O)c1ccccc1Cl. The lowest BCUT2D eigenvalue weighted by molar-refractivity contribution is -0.121. The Morgan fingerprint density at radius 3 is 2.53 bits per heavy atom. The summed E-state index contributed by atoms with van der Waals surface area (Å²) in [6.45, 7) is 0. The van der Waals surface area contributed by atoms with Crippen LogP contribution in [-0.4, -0.2) is 22.2 Å². The molecule has 15 heavy (non-hydrogen) atoms. The molecule has 82 valence electrons. The molecule has 5 heteroatoms. The fraction of sp³-hybridized carbons (Fsp3) is 0.300. The molecule has 0 saturated heterocycles. The van der Waals surface area contributed by atoms with Gasteiger partial charge in [-0.05, 0) is 6.07 Å². The molecule has 2 unspecified atom stereocenters. The largest absolute Gasteiger partial charge is 0.390 e. The highest BCUT2D eigenvalue weighted by Crippen LogP contribution is 2.25. The Hall–Kier alpha value is -1.10. The summed E-state index contributed by atoms with van der Waals surface area (Å²) in [5.74, 6) is -0.673. The Kier molecular flexibility index (Phi) is 4.08. The highest BCUT2D eigenvalue weighted by molar-refractivity contribution is 6.31. The van der Waals surface area contributed by atoms with E-state index in [1.165, 1.54) is 0 Å². The van der Waals surface area contributed by atoms with Crippen LogP contribution in [0.2, 0.25) is 5.02 Å². The lowest BCUT2D eigenvalue weighted by Gasteiger charge is -2.17. The Labute approximate surface area is 92.3 Å². The molecule has 0 spiro atoms. The average molecular weight is 230 g/mol. The van der Waals surface area contributed by atoms with Gasteiger partial charge in [-0.3, -0.25) is 4.79 Å². The number of hydrogen-bond donors (Lipinski definition) is 3. The van der Waals surface area contributed by atoms with Crippen LogP contribution in [0.3, 0.4) is 0 Å². The maximum Gasteiger partial charge on any atom is 0.220 e. The van der Waals surface area contributed by atoms with Crippen molar-refractivity contribution in [1.82, 2.24) is 0 Å². The first-order chi connectivity index (χ1) is 7.02. The van der Waals surface area contributed by atoms with Crippen LogP contribution < -0.4 is 5.73 Å². The number of carbonyl (C=O) groups excluding carboxylic acids is 1. The predicted molar refractivity (Wildman–Crippen MR) is 56.2 cm³/mol. The van der Waals surface area contributed by atoms with Crippen LogP contribution >= 0.6 is 11.6 Å². The minimum absolute atomic E-state index is 0.299. The topological polar surface area (TPSA) is 83.6 Å². The molecule has 0 saturated carbocycles. The third-order valence-electron chi connectivity index (χ3n) is 2.00. The maximum absolute atomic E-state index is 10.5. The van der Waals surface area contributed by atoms with Gasteiger partial charge in [-0.1, -0.05) is 29.8 Å². The average Bonchev–Trinajstić information content (AvgIpc) is 2.16. The maximum atomic E-state index is 10.5. The number of benzene rings is 1. The molecule has 4 nitrogen and oxygen atoms in total. The highest BCUT2D eigenvalue weighted by Gasteiger charge is 2.21. The first-order valence-corrected chi connectivity index (χ1v) is 4.79. The van der Waals surface area contributed by atoms with Crippen LogP contribution in [0.1, 0.15) is 18.1 Å². The summed E-state index contributed by atoms with van der Waals surface area (Å²) >= 11 is 5.81. The third kappa shape index (κ3) is 3.20. The summed E-state index contributed by atoms with van der Waals surface area (Å²) in [7, 11) is 0. The molecule has 0 fully saturated rings. The molecule has 2 atom stereocenters. The second-order valence-electron chi connectivity index (χ2n) is 3.20. The van der Waals surface area contributed by atoms with Gasteiger partial charge in [0.15, 0.2) is 0 Å². The second-order valence-corrected chi connectivity index (χ2v) is 3.61. The zero-order chi connectivity index (χ0) is 11.4. The van der Waals surface area contributed by atoms with Gasteiger partial charge in [-0.15, -0.1) is 0 Å². The fourth-order valence-corrected chi connectivity index (χ4v) is 1.49. The molecule has 0 bridgehead atoms. The van der Waals surface area contributed by atoms with Gasteiger partial charge in [0.2, 0.25) is 5.91 Å². The Morgan fingerprint density at radius 2 is 2.00 bits per heavy atom. The number of nitrogens with two attached hydrogens (primary N) is 1. The van der Waals surface area contributed by atoms with Crippen molar-refractivity contribution in [3.63, 3.8) is 0 Å². The van der Waals surface area contributed by atoms with E-state index in [1.54, 1.807) is 24.3 Å². The van der Waals surface area contributed by atoms with Gasteiger partial charge in [-0.25, -0.2) is 0 Å². The Bertz CT molecular complexity index is 356. The lowest BCUT2D eigenvalue weighted by atomic mass is 10.0. The minimum atomic E-state index is -1.23. The zero-order valence-electron chi connectivity index (χ0n) is 7.93. The number of aliphatic hydroxyl groups excluding tert-OH is 2. The van der Waals surface area contributed by atoms with Gasteiger partial charge < -0.3 is 15.9 Å². The zero-order valence-corrected chi connectivity index (χ0v) is 8.69. The van der Waals surface area contributed by atoms with Crippen LogP contribution in [0.5, 0.6) is 0 Å². The summed E-state index contributed by atoms with van der Waals surface area (Å²) in [5, 5.41) is 19.5. The van der Waals surface area contributed by atoms with Gasteiger partial charge in [0, 0.05) is 10.6 Å². The molecule has 1 aromatic carbocycles. The van der Waals surface area contributed by atoms with Gasteiger partial charge in [-0.2, -0.15) is 0 Å². The first-order valence-electron chi connectivity index (χ1n) is 4.41. The van der Waals surface area contributed by atoms with Crippen molar-refractivity contribution in [3.8, 4) is 0 Å². The molecule has 0 aromatic heterocycles. The Balaban J connectivity index is 2.80. The van der Waals surface area contributed by atoms with E-state index < -0.39 is 18.1 Å². The molecule has 0 aliphatic rings. The first kappa shape index (κ1) is 12.0. The normalized spacial score (nSPS) is 14.6. The van der Waals surface area contributed by atoms with E-state index in [2.05, 4.69) is 0 Å². The van der Waals surface area contributed by atoms with Crippen LogP contribution in [-0.2, 0) is 4.79 Å². The molecule has 4 N–H and O–H groups in total. The number of primary amides is 1. The number of halogens is 1. The van der Waals surface area contributed by atoms with E-state index in [0.717, 1.165) is 0 Å². The third-order valence-corrected chi connectivity index (χ3v) is 2.34. The van der Waals surface area contributed by atoms with Crippen molar-refractivity contribution in [2.45, 2.75) is 18.6 Å². The summed E-state index contributed by atoms with van der Waals surface area (Å²) in [6.07, 6.45) is -2.74. The van der Waals surface area contributed by atoms with Crippen LogP contribution in [0.4, 0.5) is 0 Å². The van der Waals surface area contributed by atoms with E-state index in [0.29, 0.717) is 10.6 Å². The van der Waals surface area contributed by atoms with E-state index in [-0.39, 0.29) is 6.42 Å². The number of rotatable bonds is 4. The number of amides is 1. The highest BCUT2D eigenvalue weighted by atomic mass is 35.5. The predicted octanol–water partition coefficient (Wildman–Crippen LogP) is 0.610. The molecule has 0 aliphatic heterocycles. The van der Waals surface area contributed by atoms with E-state index in [1.807, 2.05) is 0 Å². The van der Waals surface area contributed by atoms with E-state index >= 15 is 0 Å². The number of hydrogen-bond acceptors (Lipinski definition) is 3. The van der Waals surface area contributed by atoms with Gasteiger partial charge in [0.1, 0.15) is 6.10 Å². The monoisotopic (exact) mass is 229 g/mol. The van der Waals surface area contributed by atoms with Gasteiger partial charge in [0.25, 0.3) is 0 Å². The standard InChI is InChI=1S/C10H12ClNO3/c11-7-4-2-1-3-6(7)10(15)8(13)5-9(12)14/h1-4,8,10,13,15H,5H2,(H2,12,14). The molecule has 0 aliphatic carbocycles. The molecule has 1 amide bonds. The summed E-state index contributed by atoms with van der Waals surface area (Å²) in [4.78, 5) is 10.5. The fourth-order valence-electron chi connectivity index (χ4n) is 1.24. The summed E-state index contributed by atoms with van der Waals surface area (Å²) < 4.78 is 0. The molecule has 1 rings (SSSR count). The number of aliphatic hydroxyl groups is 2. The van der Waals surface area contributed by atoms with Crippen LogP contribution in [0, 0.1) is 0 Å². The molecule has 1 aromatic rings. The van der Waals surface area contributed by atoms with Crippen molar-refractivity contribution in [3.05, 3.63) is 34.9 Å². The van der Waals surface area contributed by atoms with Crippen LogP contribution in [0.25, 0.3) is 0 Å². The molecule has 0 radical (unpaired) electrons. The summed E-state index contributed by atoms with van der Waals surface area (Å²) in [6, 6.07) is 6.56. The summed E-state index contributed by atoms with van der Waals surface area (Å²) in [5.41, 5.74) is 5.29. The van der Waals surface area contributed by atoms with Crippen molar-refractivity contribution < 1.29 is 15.0 Å². The van der Waals surface area contributed by atoms with Crippen LogP contribution in [0.15, 0.2) is 24.3 Å². The second kappa shape index (κ2) is 5.11. The Morgan fingerprint density at radius 1 is 1.40 bits per heavy atom.